The van der Waals surface area contributed by atoms with Crippen LogP contribution in [0.4, 0.5) is 0 Å². The monoisotopic (exact) mass is 124 g/mol. The first kappa shape index (κ1) is 7.80. The Morgan fingerprint density at radius 1 is 0.625 bits per heavy atom. The molecule has 0 radical (unpaired) electrons. The van der Waals surface area contributed by atoms with E-state index in [9.17, 15) is 0 Å². The molecule has 0 spiro atoms. The topological polar surface area (TPSA) is 101 Å². The van der Waals surface area contributed by atoms with Crippen molar-refractivity contribution < 1.29 is 25.5 Å². The summed E-state index contributed by atoms with van der Waals surface area (Å²) in [5.41, 5.74) is 0. The Bertz CT molecular complexity index is 52.7. The van der Waals surface area contributed by atoms with Gasteiger partial charge in [0.15, 0.2) is 18.7 Å². The molecule has 0 aromatic heterocycles. The Morgan fingerprint density at radius 2 is 0.875 bits per heavy atom. The van der Waals surface area contributed by atoms with Crippen molar-refractivity contribution in [1.82, 2.24) is 0 Å². The molecule has 0 bridgehead atoms. The summed E-state index contributed by atoms with van der Waals surface area (Å²) < 4.78 is 0. The summed E-state index contributed by atoms with van der Waals surface area (Å²) in [5, 5.41) is 40.1. The molecule has 0 saturated carbocycles. The van der Waals surface area contributed by atoms with Crippen LogP contribution in [0.3, 0.4) is 0 Å². The summed E-state index contributed by atoms with van der Waals surface area (Å²) in [6.45, 7) is 0. The van der Waals surface area contributed by atoms with E-state index in [2.05, 4.69) is 0 Å². The Labute approximate surface area is 45.4 Å². The molecule has 0 amide bonds. The Morgan fingerprint density at radius 3 is 0.875 bits per heavy atom. The average Bonchev–Trinajstić information content (AvgIpc) is 1.64. The second kappa shape index (κ2) is 2.95. The van der Waals surface area contributed by atoms with Gasteiger partial charge in [0, 0.05) is 0 Å². The second-order valence-corrected chi connectivity index (χ2v) is 1.32. The fourth-order valence-electron chi connectivity index (χ4n) is 0.154. The normalized spacial score (nSPS) is 12.0. The lowest BCUT2D eigenvalue weighted by Crippen LogP contribution is -2.36. The van der Waals surface area contributed by atoms with Crippen molar-refractivity contribution in [1.29, 1.82) is 0 Å². The van der Waals surface area contributed by atoms with Crippen molar-refractivity contribution in [3.05, 3.63) is 0 Å². The van der Waals surface area contributed by atoms with Crippen molar-refractivity contribution in [3.63, 3.8) is 0 Å². The van der Waals surface area contributed by atoms with E-state index in [1.54, 1.807) is 0 Å². The van der Waals surface area contributed by atoms with Crippen LogP contribution in [0.1, 0.15) is 0 Å². The maximum atomic E-state index is 8.20. The molecule has 50 valence electrons. The van der Waals surface area contributed by atoms with E-state index >= 15 is 0 Å². The van der Waals surface area contributed by atoms with Gasteiger partial charge in [0.1, 0.15) is 0 Å². The standard InChI is InChI=1S/C3H8O5/c4-1(2(5)6)3(7)8/h1-8H. The predicted octanol–water partition coefficient (Wildman–Crippen LogP) is -3.03. The third-order valence-corrected chi connectivity index (χ3v) is 0.611. The molecular weight excluding hydrogens is 116 g/mol. The molecule has 0 unspecified atom stereocenters. The van der Waals surface area contributed by atoms with Gasteiger partial charge in [0.05, 0.1) is 0 Å². The van der Waals surface area contributed by atoms with Crippen LogP contribution in [-0.4, -0.2) is 44.2 Å². The van der Waals surface area contributed by atoms with Crippen molar-refractivity contribution in [2.24, 2.45) is 0 Å². The summed E-state index contributed by atoms with van der Waals surface area (Å²) in [5.74, 6) is 0. The molecule has 0 saturated heterocycles. The highest BCUT2D eigenvalue weighted by atomic mass is 16.5. The third kappa shape index (κ3) is 2.20. The van der Waals surface area contributed by atoms with Crippen LogP contribution in [0.2, 0.25) is 0 Å². The minimum atomic E-state index is -2.10. The van der Waals surface area contributed by atoms with Crippen LogP contribution in [-0.2, 0) is 0 Å². The second-order valence-electron chi connectivity index (χ2n) is 1.32. The van der Waals surface area contributed by atoms with E-state index < -0.39 is 18.7 Å². The van der Waals surface area contributed by atoms with Gasteiger partial charge in [-0.15, -0.1) is 0 Å². The van der Waals surface area contributed by atoms with Gasteiger partial charge in [-0.2, -0.15) is 0 Å². The highest BCUT2D eigenvalue weighted by Gasteiger charge is 2.19. The fourth-order valence-corrected chi connectivity index (χ4v) is 0.154. The lowest BCUT2D eigenvalue weighted by Gasteiger charge is -2.12. The van der Waals surface area contributed by atoms with Crippen molar-refractivity contribution in [2.45, 2.75) is 18.7 Å². The molecule has 5 heteroatoms. The van der Waals surface area contributed by atoms with Crippen LogP contribution in [0.15, 0.2) is 0 Å². The predicted molar refractivity (Wildman–Crippen MR) is 22.5 cm³/mol. The first-order chi connectivity index (χ1) is 3.55. The highest BCUT2D eigenvalue weighted by molar-refractivity contribution is 4.56. The number of hydrogen-bond acceptors (Lipinski definition) is 5. The van der Waals surface area contributed by atoms with Gasteiger partial charge in [-0.3, -0.25) is 0 Å². The first-order valence-corrected chi connectivity index (χ1v) is 1.96. The maximum Gasteiger partial charge on any atom is 0.183 e. The minimum absolute atomic E-state index is 1.91. The first-order valence-electron chi connectivity index (χ1n) is 1.96. The molecule has 5 N–H and O–H groups in total. The van der Waals surface area contributed by atoms with Crippen molar-refractivity contribution >= 4 is 0 Å². The van der Waals surface area contributed by atoms with E-state index in [1.807, 2.05) is 0 Å². The molecular formula is C3H8O5. The lowest BCUT2D eigenvalue weighted by molar-refractivity contribution is -0.211. The number of hydrogen-bond donors (Lipinski definition) is 5. The van der Waals surface area contributed by atoms with Gasteiger partial charge >= 0.3 is 0 Å². The van der Waals surface area contributed by atoms with Gasteiger partial charge in [0.25, 0.3) is 0 Å². The lowest BCUT2D eigenvalue weighted by atomic mass is 10.3. The van der Waals surface area contributed by atoms with E-state index in [1.165, 1.54) is 0 Å². The maximum absolute atomic E-state index is 8.20. The summed E-state index contributed by atoms with van der Waals surface area (Å²) in [7, 11) is 0. The van der Waals surface area contributed by atoms with Crippen molar-refractivity contribution in [3.8, 4) is 0 Å². The van der Waals surface area contributed by atoms with Crippen LogP contribution >= 0.6 is 0 Å². The van der Waals surface area contributed by atoms with Gasteiger partial charge < -0.3 is 25.5 Å². The zero-order chi connectivity index (χ0) is 6.73. The molecule has 0 aromatic carbocycles. The molecule has 0 aliphatic heterocycles. The zero-order valence-corrected chi connectivity index (χ0v) is 3.97. The zero-order valence-electron chi connectivity index (χ0n) is 3.97. The Balaban J connectivity index is 3.46. The van der Waals surface area contributed by atoms with Crippen molar-refractivity contribution in [2.75, 3.05) is 0 Å². The molecule has 5 nitrogen and oxygen atoms in total. The molecule has 0 aliphatic carbocycles. The summed E-state index contributed by atoms with van der Waals surface area (Å²) in [6.07, 6.45) is -6.11. The molecule has 0 heterocycles. The number of rotatable bonds is 2. The van der Waals surface area contributed by atoms with Gasteiger partial charge in [-0.05, 0) is 0 Å². The van der Waals surface area contributed by atoms with Crippen LogP contribution in [0.25, 0.3) is 0 Å². The molecule has 0 aliphatic rings. The number of aliphatic hydroxyl groups is 5. The van der Waals surface area contributed by atoms with E-state index in [4.69, 9.17) is 25.5 Å². The van der Waals surface area contributed by atoms with Crippen LogP contribution < -0.4 is 0 Å². The fraction of sp³-hybridized carbons (Fsp3) is 1.00. The molecule has 0 aromatic rings. The molecule has 8 heavy (non-hydrogen) atoms. The highest BCUT2D eigenvalue weighted by Crippen LogP contribution is 1.91. The van der Waals surface area contributed by atoms with Gasteiger partial charge in [0.2, 0.25) is 0 Å². The van der Waals surface area contributed by atoms with E-state index in [0.717, 1.165) is 0 Å². The quantitative estimate of drug-likeness (QED) is 0.252. The Kier molecular flexibility index (Phi) is 2.88. The van der Waals surface area contributed by atoms with Crippen LogP contribution in [0, 0.1) is 0 Å². The summed E-state index contributed by atoms with van der Waals surface area (Å²) >= 11 is 0. The summed E-state index contributed by atoms with van der Waals surface area (Å²) in [6, 6.07) is 0. The average molecular weight is 124 g/mol. The Hall–Kier alpha value is -0.200. The summed E-state index contributed by atoms with van der Waals surface area (Å²) in [4.78, 5) is 0. The molecule has 0 atom stereocenters. The van der Waals surface area contributed by atoms with Gasteiger partial charge in [-0.1, -0.05) is 0 Å². The van der Waals surface area contributed by atoms with E-state index in [0.29, 0.717) is 0 Å². The van der Waals surface area contributed by atoms with Gasteiger partial charge in [-0.25, -0.2) is 0 Å². The minimum Gasteiger partial charge on any atom is -0.382 e. The molecule has 0 fully saturated rings. The third-order valence-electron chi connectivity index (χ3n) is 0.611. The number of aliphatic hydroxyl groups excluding tert-OH is 3. The molecule has 0 rings (SSSR count). The van der Waals surface area contributed by atoms with Crippen LogP contribution in [0.5, 0.6) is 0 Å². The smallest absolute Gasteiger partial charge is 0.183 e. The van der Waals surface area contributed by atoms with E-state index in [-0.39, 0.29) is 0 Å². The largest absolute Gasteiger partial charge is 0.382 e. The SMILES string of the molecule is OC(O)C(O)C(O)O.